The Morgan fingerprint density at radius 3 is 3.17 bits per heavy atom. The third kappa shape index (κ3) is 1.06. The standard InChI is InChI=1S/C9H12N2O/c1-12-9-5-2-6-7(10)3-4-8(6)11-9/h2,5,7H,3-4,10H2,1H3/t7-/m0/s1. The lowest BCUT2D eigenvalue weighted by atomic mass is 10.2. The highest BCUT2D eigenvalue weighted by molar-refractivity contribution is 5.32. The molecule has 0 fully saturated rings. The van der Waals surface area contributed by atoms with E-state index in [0.29, 0.717) is 5.88 Å². The van der Waals surface area contributed by atoms with Crippen molar-refractivity contribution in [2.24, 2.45) is 5.73 Å². The Balaban J connectivity index is 2.41. The number of hydrogen-bond acceptors (Lipinski definition) is 3. The molecule has 64 valence electrons. The van der Waals surface area contributed by atoms with Crippen molar-refractivity contribution in [1.82, 2.24) is 4.98 Å². The number of methoxy groups -OCH3 is 1. The maximum Gasteiger partial charge on any atom is 0.213 e. The summed E-state index contributed by atoms with van der Waals surface area (Å²) in [4.78, 5) is 4.32. The van der Waals surface area contributed by atoms with E-state index >= 15 is 0 Å². The highest BCUT2D eigenvalue weighted by atomic mass is 16.5. The number of nitrogens with two attached hydrogens (primary N) is 1. The van der Waals surface area contributed by atoms with Gasteiger partial charge in [0.25, 0.3) is 0 Å². The van der Waals surface area contributed by atoms with Crippen LogP contribution in [0.5, 0.6) is 5.88 Å². The molecule has 1 heterocycles. The molecule has 3 heteroatoms. The molecule has 0 amide bonds. The number of aryl methyl sites for hydroxylation is 1. The molecule has 0 saturated carbocycles. The van der Waals surface area contributed by atoms with Gasteiger partial charge in [-0.15, -0.1) is 0 Å². The van der Waals surface area contributed by atoms with Crippen LogP contribution in [0.3, 0.4) is 0 Å². The van der Waals surface area contributed by atoms with Gasteiger partial charge in [0, 0.05) is 17.8 Å². The molecule has 0 aromatic carbocycles. The van der Waals surface area contributed by atoms with Gasteiger partial charge in [0.1, 0.15) is 0 Å². The van der Waals surface area contributed by atoms with Crippen LogP contribution in [0.4, 0.5) is 0 Å². The van der Waals surface area contributed by atoms with Crippen molar-refractivity contribution in [2.75, 3.05) is 7.11 Å². The zero-order valence-electron chi connectivity index (χ0n) is 7.08. The number of aromatic nitrogens is 1. The van der Waals surface area contributed by atoms with Crippen LogP contribution in [0.2, 0.25) is 0 Å². The SMILES string of the molecule is COc1ccc2c(n1)CC[C@@H]2N. The lowest BCUT2D eigenvalue weighted by Gasteiger charge is -2.04. The molecule has 1 aliphatic rings. The third-order valence-corrected chi connectivity index (χ3v) is 2.28. The smallest absolute Gasteiger partial charge is 0.213 e. The first kappa shape index (κ1) is 7.55. The van der Waals surface area contributed by atoms with Crippen LogP contribution >= 0.6 is 0 Å². The monoisotopic (exact) mass is 164 g/mol. The molecule has 2 N–H and O–H groups in total. The van der Waals surface area contributed by atoms with Gasteiger partial charge in [-0.3, -0.25) is 0 Å². The van der Waals surface area contributed by atoms with E-state index in [0.717, 1.165) is 18.5 Å². The number of pyridine rings is 1. The highest BCUT2D eigenvalue weighted by Crippen LogP contribution is 2.28. The fraction of sp³-hybridized carbons (Fsp3) is 0.444. The Hall–Kier alpha value is -1.09. The lowest BCUT2D eigenvalue weighted by Crippen LogP contribution is -2.05. The average molecular weight is 164 g/mol. The quantitative estimate of drug-likeness (QED) is 0.674. The first-order valence-corrected chi connectivity index (χ1v) is 4.10. The highest BCUT2D eigenvalue weighted by Gasteiger charge is 2.20. The predicted molar refractivity (Wildman–Crippen MR) is 46.0 cm³/mol. The second-order valence-corrected chi connectivity index (χ2v) is 3.03. The van der Waals surface area contributed by atoms with Crippen molar-refractivity contribution in [2.45, 2.75) is 18.9 Å². The number of ether oxygens (including phenoxy) is 1. The summed E-state index contributed by atoms with van der Waals surface area (Å²) in [6, 6.07) is 4.06. The van der Waals surface area contributed by atoms with Gasteiger partial charge in [0.2, 0.25) is 5.88 Å². The van der Waals surface area contributed by atoms with E-state index in [-0.39, 0.29) is 6.04 Å². The largest absolute Gasteiger partial charge is 0.481 e. The summed E-state index contributed by atoms with van der Waals surface area (Å²) >= 11 is 0. The van der Waals surface area contributed by atoms with Crippen molar-refractivity contribution >= 4 is 0 Å². The minimum atomic E-state index is 0.179. The lowest BCUT2D eigenvalue weighted by molar-refractivity contribution is 0.396. The first-order valence-electron chi connectivity index (χ1n) is 4.10. The molecular formula is C9H12N2O. The summed E-state index contributed by atoms with van der Waals surface area (Å²) in [6.45, 7) is 0. The van der Waals surface area contributed by atoms with Crippen LogP contribution in [-0.2, 0) is 6.42 Å². The molecule has 12 heavy (non-hydrogen) atoms. The van der Waals surface area contributed by atoms with E-state index in [1.807, 2.05) is 12.1 Å². The van der Waals surface area contributed by atoms with E-state index in [2.05, 4.69) is 4.98 Å². The fourth-order valence-electron chi connectivity index (χ4n) is 1.59. The van der Waals surface area contributed by atoms with Crippen LogP contribution < -0.4 is 10.5 Å². The van der Waals surface area contributed by atoms with Crippen LogP contribution in [0.1, 0.15) is 23.7 Å². The van der Waals surface area contributed by atoms with E-state index in [1.165, 1.54) is 5.56 Å². The second kappa shape index (κ2) is 2.75. The maximum absolute atomic E-state index is 5.86. The zero-order valence-corrected chi connectivity index (χ0v) is 7.08. The predicted octanol–water partition coefficient (Wildman–Crippen LogP) is 1.04. The molecule has 0 aliphatic heterocycles. The van der Waals surface area contributed by atoms with E-state index in [1.54, 1.807) is 7.11 Å². The zero-order chi connectivity index (χ0) is 8.55. The van der Waals surface area contributed by atoms with Gasteiger partial charge in [0.05, 0.1) is 7.11 Å². The summed E-state index contributed by atoms with van der Waals surface area (Å²) in [5.74, 6) is 0.683. The third-order valence-electron chi connectivity index (χ3n) is 2.28. The van der Waals surface area contributed by atoms with E-state index < -0.39 is 0 Å². The van der Waals surface area contributed by atoms with Crippen molar-refractivity contribution in [1.29, 1.82) is 0 Å². The van der Waals surface area contributed by atoms with Gasteiger partial charge < -0.3 is 10.5 Å². The van der Waals surface area contributed by atoms with Gasteiger partial charge in [0.15, 0.2) is 0 Å². The van der Waals surface area contributed by atoms with Gasteiger partial charge in [-0.25, -0.2) is 4.98 Å². The Kier molecular flexibility index (Phi) is 1.73. The minimum absolute atomic E-state index is 0.179. The van der Waals surface area contributed by atoms with Gasteiger partial charge >= 0.3 is 0 Å². The van der Waals surface area contributed by atoms with Crippen LogP contribution in [0.15, 0.2) is 12.1 Å². The number of rotatable bonds is 1. The molecule has 0 saturated heterocycles. The second-order valence-electron chi connectivity index (χ2n) is 3.03. The fourth-order valence-corrected chi connectivity index (χ4v) is 1.59. The molecule has 1 atom stereocenters. The molecule has 1 aromatic heterocycles. The Labute approximate surface area is 71.6 Å². The van der Waals surface area contributed by atoms with Crippen LogP contribution in [0.25, 0.3) is 0 Å². The normalized spacial score (nSPS) is 20.7. The number of nitrogens with zero attached hydrogens (tertiary/aromatic N) is 1. The Bertz CT molecular complexity index is 299. The van der Waals surface area contributed by atoms with Crippen molar-refractivity contribution in [3.63, 3.8) is 0 Å². The maximum atomic E-state index is 5.86. The van der Waals surface area contributed by atoms with Crippen molar-refractivity contribution < 1.29 is 4.74 Å². The van der Waals surface area contributed by atoms with Crippen LogP contribution in [0, 0.1) is 0 Å². The molecule has 3 nitrogen and oxygen atoms in total. The first-order chi connectivity index (χ1) is 5.81. The average Bonchev–Trinajstić information content (AvgIpc) is 2.47. The molecule has 0 radical (unpaired) electrons. The molecule has 1 aromatic rings. The summed E-state index contributed by atoms with van der Waals surface area (Å²) in [6.07, 6.45) is 1.99. The van der Waals surface area contributed by atoms with Crippen molar-refractivity contribution in [3.8, 4) is 5.88 Å². The molecule has 0 spiro atoms. The van der Waals surface area contributed by atoms with Crippen LogP contribution in [-0.4, -0.2) is 12.1 Å². The molecule has 2 rings (SSSR count). The summed E-state index contributed by atoms with van der Waals surface area (Å²) in [5.41, 5.74) is 8.13. The van der Waals surface area contributed by atoms with Crippen molar-refractivity contribution in [3.05, 3.63) is 23.4 Å². The molecule has 0 unspecified atom stereocenters. The van der Waals surface area contributed by atoms with Gasteiger partial charge in [-0.05, 0) is 18.4 Å². The summed E-state index contributed by atoms with van der Waals surface area (Å²) < 4.78 is 5.02. The Morgan fingerprint density at radius 2 is 2.42 bits per heavy atom. The molecule has 1 aliphatic carbocycles. The topological polar surface area (TPSA) is 48.1 Å². The summed E-state index contributed by atoms with van der Waals surface area (Å²) in [7, 11) is 1.63. The number of fused-ring (bicyclic) bond motifs is 1. The summed E-state index contributed by atoms with van der Waals surface area (Å²) in [5, 5.41) is 0. The molecule has 0 bridgehead atoms. The molecular weight excluding hydrogens is 152 g/mol. The van der Waals surface area contributed by atoms with Gasteiger partial charge in [-0.2, -0.15) is 0 Å². The minimum Gasteiger partial charge on any atom is -0.481 e. The van der Waals surface area contributed by atoms with E-state index in [4.69, 9.17) is 10.5 Å². The van der Waals surface area contributed by atoms with E-state index in [9.17, 15) is 0 Å². The van der Waals surface area contributed by atoms with Gasteiger partial charge in [-0.1, -0.05) is 6.07 Å². The number of hydrogen-bond donors (Lipinski definition) is 1. The Morgan fingerprint density at radius 1 is 1.58 bits per heavy atom.